The molecule has 0 atom stereocenters. The smallest absolute Gasteiger partial charge is 0.407 e. The number of hydrogen-bond acceptors (Lipinski definition) is 4. The van der Waals surface area contributed by atoms with Gasteiger partial charge in [-0.1, -0.05) is 25.5 Å². The van der Waals surface area contributed by atoms with Crippen molar-refractivity contribution in [1.29, 1.82) is 0 Å². The van der Waals surface area contributed by atoms with Crippen molar-refractivity contribution >= 4 is 18.5 Å². The molecule has 6 heteroatoms. The second kappa shape index (κ2) is 14.2. The molecule has 0 heterocycles. The van der Waals surface area contributed by atoms with Gasteiger partial charge in [-0.15, -0.1) is 12.4 Å². The third-order valence-electron chi connectivity index (χ3n) is 1.79. The molecule has 0 saturated carbocycles. The van der Waals surface area contributed by atoms with Crippen LogP contribution in [-0.2, 0) is 9.57 Å². The number of amides is 1. The van der Waals surface area contributed by atoms with E-state index in [0.717, 1.165) is 25.7 Å². The standard InChI is InChI=1S/C10H20N2O3.ClH/c1-2-8-14-10(13)12-7-5-3-4-6-9-15-11;/h2H,1,3-9,11H2,(H,12,13);1H. The fourth-order valence-electron chi connectivity index (χ4n) is 1.04. The minimum absolute atomic E-state index is 0. The van der Waals surface area contributed by atoms with Crippen LogP contribution in [0.5, 0.6) is 0 Å². The number of alkyl carbamates (subject to hydrolysis) is 1. The van der Waals surface area contributed by atoms with Crippen LogP contribution in [0.25, 0.3) is 0 Å². The molecule has 16 heavy (non-hydrogen) atoms. The first kappa shape index (κ1) is 17.6. The Balaban J connectivity index is 0. The van der Waals surface area contributed by atoms with Crippen molar-refractivity contribution in [3.05, 3.63) is 12.7 Å². The van der Waals surface area contributed by atoms with Gasteiger partial charge in [-0.25, -0.2) is 10.7 Å². The van der Waals surface area contributed by atoms with Gasteiger partial charge >= 0.3 is 6.09 Å². The SMILES string of the molecule is C=CCOC(=O)NCCCCCCON.Cl. The topological polar surface area (TPSA) is 73.6 Å². The Morgan fingerprint density at radius 2 is 2.00 bits per heavy atom. The zero-order chi connectivity index (χ0) is 11.4. The minimum atomic E-state index is -0.389. The molecule has 0 bridgehead atoms. The van der Waals surface area contributed by atoms with Gasteiger partial charge in [-0.3, -0.25) is 0 Å². The normalized spacial score (nSPS) is 9.06. The highest BCUT2D eigenvalue weighted by atomic mass is 35.5. The van der Waals surface area contributed by atoms with Gasteiger partial charge in [0.15, 0.2) is 0 Å². The molecule has 5 nitrogen and oxygen atoms in total. The largest absolute Gasteiger partial charge is 0.445 e. The van der Waals surface area contributed by atoms with E-state index in [1.165, 1.54) is 6.08 Å². The summed E-state index contributed by atoms with van der Waals surface area (Å²) in [5.74, 6) is 4.87. The van der Waals surface area contributed by atoms with Gasteiger partial charge in [0.2, 0.25) is 0 Å². The van der Waals surface area contributed by atoms with E-state index in [1.54, 1.807) is 0 Å². The maximum Gasteiger partial charge on any atom is 0.407 e. The van der Waals surface area contributed by atoms with Crippen molar-refractivity contribution in [2.45, 2.75) is 25.7 Å². The van der Waals surface area contributed by atoms with E-state index in [2.05, 4.69) is 16.7 Å². The summed E-state index contributed by atoms with van der Waals surface area (Å²) in [6, 6.07) is 0. The Hall–Kier alpha value is -0.780. The quantitative estimate of drug-likeness (QED) is 0.373. The molecule has 0 unspecified atom stereocenters. The second-order valence-corrected chi connectivity index (χ2v) is 3.10. The van der Waals surface area contributed by atoms with Gasteiger partial charge in [0.1, 0.15) is 6.61 Å². The van der Waals surface area contributed by atoms with Crippen molar-refractivity contribution in [3.63, 3.8) is 0 Å². The first-order valence-corrected chi connectivity index (χ1v) is 5.14. The third kappa shape index (κ3) is 13.2. The van der Waals surface area contributed by atoms with Crippen LogP contribution in [0.3, 0.4) is 0 Å². The van der Waals surface area contributed by atoms with E-state index in [-0.39, 0.29) is 25.1 Å². The van der Waals surface area contributed by atoms with Crippen LogP contribution in [0.2, 0.25) is 0 Å². The fourth-order valence-corrected chi connectivity index (χ4v) is 1.04. The zero-order valence-electron chi connectivity index (χ0n) is 9.44. The Morgan fingerprint density at radius 3 is 2.62 bits per heavy atom. The van der Waals surface area contributed by atoms with Gasteiger partial charge in [-0.2, -0.15) is 0 Å². The van der Waals surface area contributed by atoms with Crippen molar-refractivity contribution in [3.8, 4) is 0 Å². The summed E-state index contributed by atoms with van der Waals surface area (Å²) in [5.41, 5.74) is 0. The number of carbonyl (C=O) groups is 1. The van der Waals surface area contributed by atoms with E-state index in [9.17, 15) is 4.79 Å². The molecule has 3 N–H and O–H groups in total. The molecular weight excluding hydrogens is 232 g/mol. The number of halogens is 1. The van der Waals surface area contributed by atoms with Crippen molar-refractivity contribution in [2.75, 3.05) is 19.8 Å². The van der Waals surface area contributed by atoms with Crippen LogP contribution in [0.1, 0.15) is 25.7 Å². The highest BCUT2D eigenvalue weighted by molar-refractivity contribution is 5.85. The number of ether oxygens (including phenoxy) is 1. The first-order valence-electron chi connectivity index (χ1n) is 5.14. The van der Waals surface area contributed by atoms with E-state index >= 15 is 0 Å². The summed E-state index contributed by atoms with van der Waals surface area (Å²) in [7, 11) is 0. The Labute approximate surface area is 103 Å². The highest BCUT2D eigenvalue weighted by Crippen LogP contribution is 1.98. The minimum Gasteiger partial charge on any atom is -0.445 e. The number of rotatable bonds is 9. The first-order chi connectivity index (χ1) is 7.31. The molecule has 0 fully saturated rings. The molecule has 0 aliphatic rings. The Morgan fingerprint density at radius 1 is 1.31 bits per heavy atom. The predicted molar refractivity (Wildman–Crippen MR) is 65.4 cm³/mol. The van der Waals surface area contributed by atoms with Gasteiger partial charge in [0, 0.05) is 6.54 Å². The molecule has 0 aliphatic carbocycles. The third-order valence-corrected chi connectivity index (χ3v) is 1.79. The molecule has 0 aromatic heterocycles. The lowest BCUT2D eigenvalue weighted by molar-refractivity contribution is 0.133. The van der Waals surface area contributed by atoms with Crippen LogP contribution in [0, 0.1) is 0 Å². The number of hydrogen-bond donors (Lipinski definition) is 2. The van der Waals surface area contributed by atoms with Crippen LogP contribution < -0.4 is 11.2 Å². The molecular formula is C10H21ClN2O3. The molecule has 0 rings (SSSR count). The number of carbonyl (C=O) groups excluding carboxylic acids is 1. The van der Waals surface area contributed by atoms with E-state index in [0.29, 0.717) is 13.2 Å². The lowest BCUT2D eigenvalue weighted by atomic mass is 10.2. The Bertz CT molecular complexity index is 179. The zero-order valence-corrected chi connectivity index (χ0v) is 10.3. The summed E-state index contributed by atoms with van der Waals surface area (Å²) >= 11 is 0. The van der Waals surface area contributed by atoms with E-state index < -0.39 is 0 Å². The lowest BCUT2D eigenvalue weighted by Gasteiger charge is -2.04. The van der Waals surface area contributed by atoms with Gasteiger partial charge in [0.25, 0.3) is 0 Å². The average Bonchev–Trinajstić information content (AvgIpc) is 2.25. The van der Waals surface area contributed by atoms with Crippen LogP contribution >= 0.6 is 12.4 Å². The number of unbranched alkanes of at least 4 members (excludes halogenated alkanes) is 3. The fraction of sp³-hybridized carbons (Fsp3) is 0.700. The van der Waals surface area contributed by atoms with Crippen LogP contribution in [0.15, 0.2) is 12.7 Å². The molecule has 96 valence electrons. The second-order valence-electron chi connectivity index (χ2n) is 3.10. The summed E-state index contributed by atoms with van der Waals surface area (Å²) in [6.07, 6.45) is 5.14. The summed E-state index contributed by atoms with van der Waals surface area (Å²) in [4.78, 5) is 15.4. The average molecular weight is 253 g/mol. The lowest BCUT2D eigenvalue weighted by Crippen LogP contribution is -2.25. The van der Waals surface area contributed by atoms with Crippen LogP contribution in [-0.4, -0.2) is 25.9 Å². The van der Waals surface area contributed by atoms with Gasteiger partial charge < -0.3 is 14.9 Å². The number of nitrogens with two attached hydrogens (primary N) is 1. The molecule has 0 aromatic carbocycles. The summed E-state index contributed by atoms with van der Waals surface area (Å²) < 4.78 is 4.73. The molecule has 0 saturated heterocycles. The van der Waals surface area contributed by atoms with E-state index in [4.69, 9.17) is 10.6 Å². The molecule has 0 aromatic rings. The number of nitrogens with one attached hydrogen (secondary N) is 1. The van der Waals surface area contributed by atoms with Gasteiger partial charge in [0.05, 0.1) is 6.61 Å². The maximum atomic E-state index is 10.9. The van der Waals surface area contributed by atoms with Crippen molar-refractivity contribution in [2.24, 2.45) is 5.90 Å². The Kier molecular flexibility index (Phi) is 15.7. The molecule has 0 radical (unpaired) electrons. The van der Waals surface area contributed by atoms with E-state index in [1.807, 2.05) is 0 Å². The van der Waals surface area contributed by atoms with Crippen molar-refractivity contribution < 1.29 is 14.4 Å². The van der Waals surface area contributed by atoms with Crippen molar-refractivity contribution in [1.82, 2.24) is 5.32 Å². The molecule has 0 aliphatic heterocycles. The predicted octanol–water partition coefficient (Wildman–Crippen LogP) is 1.77. The summed E-state index contributed by atoms with van der Waals surface area (Å²) in [6.45, 7) is 4.92. The molecule has 1 amide bonds. The van der Waals surface area contributed by atoms with Gasteiger partial charge in [-0.05, 0) is 12.8 Å². The summed E-state index contributed by atoms with van der Waals surface area (Å²) in [5, 5.41) is 2.64. The maximum absolute atomic E-state index is 10.9. The van der Waals surface area contributed by atoms with Crippen LogP contribution in [0.4, 0.5) is 4.79 Å². The highest BCUT2D eigenvalue weighted by Gasteiger charge is 1.98. The monoisotopic (exact) mass is 252 g/mol. The molecule has 0 spiro atoms.